The van der Waals surface area contributed by atoms with Crippen molar-refractivity contribution < 1.29 is 5.11 Å². The Balaban J connectivity index is 2.00. The van der Waals surface area contributed by atoms with Crippen molar-refractivity contribution in [3.8, 4) is 5.95 Å². The van der Waals surface area contributed by atoms with E-state index in [4.69, 9.17) is 0 Å². The molecule has 0 bridgehead atoms. The summed E-state index contributed by atoms with van der Waals surface area (Å²) in [5.41, 5.74) is 0. The van der Waals surface area contributed by atoms with Crippen molar-refractivity contribution in [1.29, 1.82) is 0 Å². The van der Waals surface area contributed by atoms with Crippen LogP contribution in [0.3, 0.4) is 0 Å². The van der Waals surface area contributed by atoms with E-state index >= 15 is 0 Å². The summed E-state index contributed by atoms with van der Waals surface area (Å²) < 4.78 is 1.48. The van der Waals surface area contributed by atoms with Crippen LogP contribution in [0.15, 0.2) is 12.7 Å². The van der Waals surface area contributed by atoms with Crippen LogP contribution in [0.1, 0.15) is 12.8 Å². The van der Waals surface area contributed by atoms with Crippen molar-refractivity contribution >= 4 is 11.9 Å². The molecule has 0 amide bonds. The quantitative estimate of drug-likeness (QED) is 0.766. The molecule has 2 aromatic heterocycles. The Kier molecular flexibility index (Phi) is 3.42. The highest BCUT2D eigenvalue weighted by Gasteiger charge is 2.27. The molecule has 0 saturated carbocycles. The second-order valence-corrected chi connectivity index (χ2v) is 4.52. The van der Waals surface area contributed by atoms with Gasteiger partial charge in [-0.05, 0) is 12.8 Å². The molecule has 0 radical (unpaired) electrons. The molecule has 0 spiro atoms. The summed E-state index contributed by atoms with van der Waals surface area (Å²) >= 11 is 0. The van der Waals surface area contributed by atoms with Crippen molar-refractivity contribution in [3.63, 3.8) is 0 Å². The highest BCUT2D eigenvalue weighted by atomic mass is 16.3. The van der Waals surface area contributed by atoms with E-state index in [2.05, 4.69) is 30.4 Å². The molecular formula is C11H16N8O. The molecule has 9 heteroatoms. The van der Waals surface area contributed by atoms with E-state index in [0.29, 0.717) is 17.8 Å². The van der Waals surface area contributed by atoms with E-state index in [1.165, 1.54) is 17.3 Å². The van der Waals surface area contributed by atoms with Gasteiger partial charge in [0.2, 0.25) is 11.9 Å². The first-order valence-corrected chi connectivity index (χ1v) is 6.48. The first-order chi connectivity index (χ1) is 9.81. The van der Waals surface area contributed by atoms with Gasteiger partial charge >= 0.3 is 0 Å². The van der Waals surface area contributed by atoms with E-state index in [1.807, 2.05) is 4.90 Å². The maximum atomic E-state index is 9.42. The molecule has 1 fully saturated rings. The van der Waals surface area contributed by atoms with Gasteiger partial charge in [0.15, 0.2) is 0 Å². The number of hydrogen-bond acceptors (Lipinski definition) is 8. The summed E-state index contributed by atoms with van der Waals surface area (Å²) in [7, 11) is 1.75. The highest BCUT2D eigenvalue weighted by molar-refractivity contribution is 5.41. The first kappa shape index (κ1) is 12.7. The third kappa shape index (κ3) is 2.27. The zero-order chi connectivity index (χ0) is 13.9. The summed E-state index contributed by atoms with van der Waals surface area (Å²) in [6, 6.07) is 0.0608. The fourth-order valence-electron chi connectivity index (χ4n) is 2.30. The molecule has 1 atom stereocenters. The Morgan fingerprint density at radius 2 is 2.20 bits per heavy atom. The normalized spacial score (nSPS) is 18.5. The van der Waals surface area contributed by atoms with Crippen molar-refractivity contribution in [1.82, 2.24) is 29.7 Å². The molecule has 2 aromatic rings. The van der Waals surface area contributed by atoms with E-state index in [1.54, 1.807) is 7.05 Å². The summed E-state index contributed by atoms with van der Waals surface area (Å²) in [6.07, 6.45) is 4.92. The number of anilines is 2. The Morgan fingerprint density at radius 3 is 2.90 bits per heavy atom. The lowest BCUT2D eigenvalue weighted by atomic mass is 10.2. The predicted octanol–water partition coefficient (Wildman–Crippen LogP) is -0.545. The SMILES string of the molecule is CNc1nc(N2CCCC2CO)nc(-n2cncn2)n1. The topological polar surface area (TPSA) is 105 Å². The van der Waals surface area contributed by atoms with Gasteiger partial charge in [-0.3, -0.25) is 0 Å². The fourth-order valence-corrected chi connectivity index (χ4v) is 2.30. The molecule has 3 heterocycles. The van der Waals surface area contributed by atoms with Gasteiger partial charge < -0.3 is 15.3 Å². The van der Waals surface area contributed by atoms with Crippen LogP contribution in [-0.2, 0) is 0 Å². The number of nitrogens with zero attached hydrogens (tertiary/aromatic N) is 7. The molecule has 106 valence electrons. The standard InChI is InChI=1S/C11H16N8O/c1-12-9-15-10(18-4-2-3-8(18)5-20)17-11(16-9)19-7-13-6-14-19/h6-8,20H,2-5H2,1H3,(H,12,15,16,17). The van der Waals surface area contributed by atoms with Crippen LogP contribution in [0.25, 0.3) is 5.95 Å². The molecule has 0 aliphatic carbocycles. The van der Waals surface area contributed by atoms with Crippen LogP contribution in [0.5, 0.6) is 0 Å². The highest BCUT2D eigenvalue weighted by Crippen LogP contribution is 2.23. The summed E-state index contributed by atoms with van der Waals surface area (Å²) in [5.74, 6) is 1.41. The fraction of sp³-hybridized carbons (Fsp3) is 0.545. The van der Waals surface area contributed by atoms with Crippen LogP contribution < -0.4 is 10.2 Å². The lowest BCUT2D eigenvalue weighted by Gasteiger charge is -2.23. The van der Waals surface area contributed by atoms with Gasteiger partial charge in [-0.15, -0.1) is 0 Å². The second kappa shape index (κ2) is 5.37. The predicted molar refractivity (Wildman–Crippen MR) is 71.7 cm³/mol. The molecule has 2 N–H and O–H groups in total. The van der Waals surface area contributed by atoms with E-state index in [0.717, 1.165) is 19.4 Å². The van der Waals surface area contributed by atoms with Crippen LogP contribution in [0, 0.1) is 0 Å². The maximum absolute atomic E-state index is 9.42. The van der Waals surface area contributed by atoms with Crippen molar-refractivity contribution in [2.24, 2.45) is 0 Å². The number of aromatic nitrogens is 6. The Morgan fingerprint density at radius 1 is 1.35 bits per heavy atom. The van der Waals surface area contributed by atoms with Crippen LogP contribution in [0.2, 0.25) is 0 Å². The number of rotatable bonds is 4. The zero-order valence-electron chi connectivity index (χ0n) is 11.1. The van der Waals surface area contributed by atoms with Gasteiger partial charge in [0.05, 0.1) is 12.6 Å². The molecule has 20 heavy (non-hydrogen) atoms. The van der Waals surface area contributed by atoms with Crippen LogP contribution in [-0.4, -0.2) is 61.1 Å². The molecule has 0 aromatic carbocycles. The van der Waals surface area contributed by atoms with Gasteiger partial charge in [0.25, 0.3) is 5.95 Å². The minimum atomic E-state index is 0.0608. The average molecular weight is 276 g/mol. The lowest BCUT2D eigenvalue weighted by Crippen LogP contribution is -2.34. The molecular weight excluding hydrogens is 260 g/mol. The molecule has 3 rings (SSSR count). The average Bonchev–Trinajstić information content (AvgIpc) is 3.17. The van der Waals surface area contributed by atoms with Gasteiger partial charge in [-0.25, -0.2) is 4.98 Å². The van der Waals surface area contributed by atoms with Gasteiger partial charge in [0, 0.05) is 13.6 Å². The van der Waals surface area contributed by atoms with Crippen LogP contribution in [0.4, 0.5) is 11.9 Å². The van der Waals surface area contributed by atoms with Crippen LogP contribution >= 0.6 is 0 Å². The first-order valence-electron chi connectivity index (χ1n) is 6.48. The minimum Gasteiger partial charge on any atom is -0.394 e. The number of hydrogen-bond donors (Lipinski definition) is 2. The third-order valence-corrected chi connectivity index (χ3v) is 3.30. The van der Waals surface area contributed by atoms with Crippen molar-refractivity contribution in [2.45, 2.75) is 18.9 Å². The minimum absolute atomic E-state index is 0.0608. The molecule has 1 saturated heterocycles. The van der Waals surface area contributed by atoms with Gasteiger partial charge in [-0.1, -0.05) is 0 Å². The molecule has 1 aliphatic rings. The monoisotopic (exact) mass is 276 g/mol. The van der Waals surface area contributed by atoms with E-state index in [9.17, 15) is 5.11 Å². The third-order valence-electron chi connectivity index (χ3n) is 3.30. The second-order valence-electron chi connectivity index (χ2n) is 4.52. The molecule has 9 nitrogen and oxygen atoms in total. The van der Waals surface area contributed by atoms with E-state index in [-0.39, 0.29) is 12.6 Å². The Hall–Kier alpha value is -2.29. The smallest absolute Gasteiger partial charge is 0.258 e. The Bertz CT molecular complexity index is 572. The van der Waals surface area contributed by atoms with E-state index < -0.39 is 0 Å². The number of aliphatic hydroxyl groups is 1. The van der Waals surface area contributed by atoms with Gasteiger partial charge in [-0.2, -0.15) is 24.7 Å². The largest absolute Gasteiger partial charge is 0.394 e. The number of aliphatic hydroxyl groups excluding tert-OH is 1. The van der Waals surface area contributed by atoms with Crippen molar-refractivity contribution in [2.75, 3.05) is 30.4 Å². The number of nitrogens with one attached hydrogen (secondary N) is 1. The maximum Gasteiger partial charge on any atom is 0.258 e. The van der Waals surface area contributed by atoms with Crippen molar-refractivity contribution in [3.05, 3.63) is 12.7 Å². The molecule has 1 aliphatic heterocycles. The molecule has 1 unspecified atom stereocenters. The zero-order valence-corrected chi connectivity index (χ0v) is 11.1. The Labute approximate surface area is 115 Å². The van der Waals surface area contributed by atoms with Gasteiger partial charge in [0.1, 0.15) is 12.7 Å². The summed E-state index contributed by atoms with van der Waals surface area (Å²) in [6.45, 7) is 0.925. The summed E-state index contributed by atoms with van der Waals surface area (Å²) in [5, 5.41) is 16.4. The lowest BCUT2D eigenvalue weighted by molar-refractivity contribution is 0.265. The summed E-state index contributed by atoms with van der Waals surface area (Å²) in [4.78, 5) is 18.9.